The summed E-state index contributed by atoms with van der Waals surface area (Å²) in [5, 5.41) is 7.77. The lowest BCUT2D eigenvalue weighted by molar-refractivity contribution is 0.105. The predicted octanol–water partition coefficient (Wildman–Crippen LogP) is 1.48. The number of nitrogens with one attached hydrogen (secondary N) is 1. The molecule has 1 aromatic rings. The average Bonchev–Trinajstić information content (AvgIpc) is 2.76. The van der Waals surface area contributed by atoms with Gasteiger partial charge in [-0.15, -0.1) is 5.10 Å². The first-order valence-corrected chi connectivity index (χ1v) is 6.65. The van der Waals surface area contributed by atoms with Crippen LogP contribution in [0.2, 0.25) is 0 Å². The number of amides is 1. The van der Waals surface area contributed by atoms with Crippen LogP contribution in [0.15, 0.2) is 0 Å². The molecule has 17 heavy (non-hydrogen) atoms. The van der Waals surface area contributed by atoms with Gasteiger partial charge in [0.15, 0.2) is 3.95 Å². The van der Waals surface area contributed by atoms with Crippen LogP contribution in [-0.2, 0) is 4.74 Å². The van der Waals surface area contributed by atoms with Gasteiger partial charge >= 0.3 is 6.09 Å². The van der Waals surface area contributed by atoms with Crippen LogP contribution in [-0.4, -0.2) is 54.0 Å². The van der Waals surface area contributed by atoms with Crippen molar-refractivity contribution in [1.29, 1.82) is 0 Å². The zero-order chi connectivity index (χ0) is 12.3. The normalized spacial score (nSPS) is 16.1. The summed E-state index contributed by atoms with van der Waals surface area (Å²) < 4.78 is 5.63. The maximum Gasteiger partial charge on any atom is 0.409 e. The third-order valence-electron chi connectivity index (χ3n) is 2.50. The Labute approximate surface area is 108 Å². The standard InChI is InChI=1S/C9H14N4O2S2/c1-2-15-9(14)13-5-3-12(4-6-13)7-10-11-8(16)17-7/h2-6H2,1H3,(H,11,16). The highest BCUT2D eigenvalue weighted by Gasteiger charge is 2.23. The number of ether oxygens (including phenoxy) is 1. The molecular formula is C9H14N4O2S2. The molecule has 0 saturated carbocycles. The minimum Gasteiger partial charge on any atom is -0.450 e. The molecule has 0 bridgehead atoms. The van der Waals surface area contributed by atoms with E-state index in [-0.39, 0.29) is 6.09 Å². The van der Waals surface area contributed by atoms with Crippen molar-refractivity contribution in [3.8, 4) is 0 Å². The first kappa shape index (κ1) is 12.3. The quantitative estimate of drug-likeness (QED) is 0.828. The second kappa shape index (κ2) is 5.46. The van der Waals surface area contributed by atoms with Crippen LogP contribution in [0.25, 0.3) is 0 Å². The highest BCUT2D eigenvalue weighted by atomic mass is 32.1. The Kier molecular flexibility index (Phi) is 3.95. The Bertz CT molecular complexity index is 436. The molecule has 2 heterocycles. The molecule has 1 aliphatic rings. The Hall–Kier alpha value is -1.15. The third kappa shape index (κ3) is 2.95. The zero-order valence-electron chi connectivity index (χ0n) is 9.51. The van der Waals surface area contributed by atoms with Crippen molar-refractivity contribution < 1.29 is 9.53 Å². The fraction of sp³-hybridized carbons (Fsp3) is 0.667. The van der Waals surface area contributed by atoms with Gasteiger partial charge in [-0.1, -0.05) is 11.3 Å². The molecule has 1 amide bonds. The summed E-state index contributed by atoms with van der Waals surface area (Å²) in [5.41, 5.74) is 0. The Morgan fingerprint density at radius 3 is 2.76 bits per heavy atom. The van der Waals surface area contributed by atoms with Crippen molar-refractivity contribution >= 4 is 34.8 Å². The molecule has 0 aliphatic carbocycles. The van der Waals surface area contributed by atoms with Crippen molar-refractivity contribution in [3.05, 3.63) is 3.95 Å². The van der Waals surface area contributed by atoms with E-state index in [1.165, 1.54) is 11.3 Å². The van der Waals surface area contributed by atoms with Gasteiger partial charge < -0.3 is 14.5 Å². The molecule has 0 spiro atoms. The van der Waals surface area contributed by atoms with Crippen molar-refractivity contribution in [2.75, 3.05) is 37.7 Å². The number of aromatic amines is 1. The minimum absolute atomic E-state index is 0.234. The second-order valence-corrected chi connectivity index (χ2v) is 5.21. The van der Waals surface area contributed by atoms with Crippen molar-refractivity contribution in [3.63, 3.8) is 0 Å². The van der Waals surface area contributed by atoms with Crippen LogP contribution in [0.3, 0.4) is 0 Å². The lowest BCUT2D eigenvalue weighted by Gasteiger charge is -2.33. The van der Waals surface area contributed by atoms with Gasteiger partial charge in [-0.2, -0.15) is 0 Å². The molecule has 0 radical (unpaired) electrons. The van der Waals surface area contributed by atoms with Gasteiger partial charge in [-0.3, -0.25) is 5.10 Å². The minimum atomic E-state index is -0.234. The molecule has 94 valence electrons. The van der Waals surface area contributed by atoms with Crippen LogP contribution in [0.1, 0.15) is 6.92 Å². The fourth-order valence-corrected chi connectivity index (χ4v) is 2.58. The number of carbonyl (C=O) groups is 1. The summed E-state index contributed by atoms with van der Waals surface area (Å²) in [4.78, 5) is 15.3. The highest BCUT2D eigenvalue weighted by Crippen LogP contribution is 2.19. The average molecular weight is 274 g/mol. The van der Waals surface area contributed by atoms with E-state index in [2.05, 4.69) is 15.1 Å². The number of aromatic nitrogens is 2. The van der Waals surface area contributed by atoms with Crippen LogP contribution < -0.4 is 4.90 Å². The number of rotatable bonds is 2. The van der Waals surface area contributed by atoms with E-state index in [4.69, 9.17) is 17.0 Å². The van der Waals surface area contributed by atoms with Gasteiger partial charge in [0.1, 0.15) is 0 Å². The summed E-state index contributed by atoms with van der Waals surface area (Å²) in [6, 6.07) is 0. The van der Waals surface area contributed by atoms with Gasteiger partial charge in [0.05, 0.1) is 6.61 Å². The molecule has 1 aliphatic heterocycles. The van der Waals surface area contributed by atoms with Gasteiger partial charge in [-0.05, 0) is 19.1 Å². The Balaban J connectivity index is 1.90. The van der Waals surface area contributed by atoms with Crippen molar-refractivity contribution in [2.45, 2.75) is 6.92 Å². The lowest BCUT2D eigenvalue weighted by Crippen LogP contribution is -2.49. The molecule has 1 N–H and O–H groups in total. The molecular weight excluding hydrogens is 260 g/mol. The molecule has 0 aromatic carbocycles. The molecule has 1 saturated heterocycles. The van der Waals surface area contributed by atoms with Gasteiger partial charge in [0.2, 0.25) is 5.13 Å². The maximum absolute atomic E-state index is 11.5. The maximum atomic E-state index is 11.5. The summed E-state index contributed by atoms with van der Waals surface area (Å²) in [6.07, 6.45) is -0.234. The first-order valence-electron chi connectivity index (χ1n) is 5.43. The van der Waals surface area contributed by atoms with Gasteiger partial charge in [0.25, 0.3) is 0 Å². The van der Waals surface area contributed by atoms with E-state index in [1.807, 2.05) is 6.92 Å². The van der Waals surface area contributed by atoms with Crippen LogP contribution >= 0.6 is 23.6 Å². The Morgan fingerprint density at radius 1 is 1.53 bits per heavy atom. The summed E-state index contributed by atoms with van der Waals surface area (Å²) in [7, 11) is 0. The second-order valence-electron chi connectivity index (χ2n) is 3.57. The lowest BCUT2D eigenvalue weighted by atomic mass is 10.3. The zero-order valence-corrected chi connectivity index (χ0v) is 11.1. The predicted molar refractivity (Wildman–Crippen MR) is 68.1 cm³/mol. The number of anilines is 1. The van der Waals surface area contributed by atoms with E-state index < -0.39 is 0 Å². The topological polar surface area (TPSA) is 61.5 Å². The largest absolute Gasteiger partial charge is 0.450 e. The molecule has 8 heteroatoms. The molecule has 0 unspecified atom stereocenters. The number of carbonyl (C=O) groups excluding carboxylic acids is 1. The van der Waals surface area contributed by atoms with Crippen LogP contribution in [0.5, 0.6) is 0 Å². The number of hydrogen-bond donors (Lipinski definition) is 1. The Morgan fingerprint density at radius 2 is 2.24 bits per heavy atom. The molecule has 0 atom stereocenters. The van der Waals surface area contributed by atoms with E-state index in [0.717, 1.165) is 18.2 Å². The SMILES string of the molecule is CCOC(=O)N1CCN(c2n[nH]c(=S)s2)CC1. The van der Waals surface area contributed by atoms with Crippen LogP contribution in [0.4, 0.5) is 9.93 Å². The summed E-state index contributed by atoms with van der Waals surface area (Å²) in [6.45, 7) is 5.06. The molecule has 1 aromatic heterocycles. The van der Waals surface area contributed by atoms with E-state index in [1.54, 1.807) is 4.90 Å². The van der Waals surface area contributed by atoms with E-state index in [0.29, 0.717) is 23.7 Å². The number of piperazine rings is 1. The van der Waals surface area contributed by atoms with Crippen LogP contribution in [0, 0.1) is 3.95 Å². The molecule has 1 fully saturated rings. The monoisotopic (exact) mass is 274 g/mol. The summed E-state index contributed by atoms with van der Waals surface area (Å²) >= 11 is 6.44. The number of nitrogens with zero attached hydrogens (tertiary/aromatic N) is 3. The summed E-state index contributed by atoms with van der Waals surface area (Å²) in [5.74, 6) is 0. The van der Waals surface area contributed by atoms with E-state index >= 15 is 0 Å². The third-order valence-corrected chi connectivity index (χ3v) is 3.65. The van der Waals surface area contributed by atoms with E-state index in [9.17, 15) is 4.79 Å². The van der Waals surface area contributed by atoms with Gasteiger partial charge in [-0.25, -0.2) is 4.79 Å². The first-order chi connectivity index (χ1) is 8.20. The van der Waals surface area contributed by atoms with Crippen molar-refractivity contribution in [2.24, 2.45) is 0 Å². The molecule has 6 nitrogen and oxygen atoms in total. The highest BCUT2D eigenvalue weighted by molar-refractivity contribution is 7.73. The smallest absolute Gasteiger partial charge is 0.409 e. The molecule has 2 rings (SSSR count). The van der Waals surface area contributed by atoms with Crippen molar-refractivity contribution in [1.82, 2.24) is 15.1 Å². The fourth-order valence-electron chi connectivity index (χ4n) is 1.65. The number of hydrogen-bond acceptors (Lipinski definition) is 6. The van der Waals surface area contributed by atoms with Gasteiger partial charge in [0, 0.05) is 26.2 Å². The number of H-pyrrole nitrogens is 1.